The number of hydrogen-bond acceptors (Lipinski definition) is 3. The van der Waals surface area contributed by atoms with Crippen LogP contribution in [-0.2, 0) is 4.79 Å². The number of rotatable bonds is 6. The van der Waals surface area contributed by atoms with E-state index < -0.39 is 5.54 Å². The van der Waals surface area contributed by atoms with E-state index in [1.807, 2.05) is 0 Å². The Kier molecular flexibility index (Phi) is 3.57. The third-order valence-corrected chi connectivity index (χ3v) is 5.44. The summed E-state index contributed by atoms with van der Waals surface area (Å²) in [5, 5.41) is 3.62. The predicted octanol–water partition coefficient (Wildman–Crippen LogP) is 1.49. The van der Waals surface area contributed by atoms with E-state index in [-0.39, 0.29) is 5.91 Å². The van der Waals surface area contributed by atoms with Crippen molar-refractivity contribution in [2.45, 2.75) is 64.0 Å². The number of piperidine rings is 1. The van der Waals surface area contributed by atoms with Crippen LogP contribution in [-0.4, -0.2) is 42.0 Å². The van der Waals surface area contributed by atoms with E-state index in [0.29, 0.717) is 17.4 Å². The van der Waals surface area contributed by atoms with Crippen molar-refractivity contribution < 1.29 is 4.79 Å². The largest absolute Gasteiger partial charge is 0.368 e. The van der Waals surface area contributed by atoms with E-state index in [0.717, 1.165) is 32.5 Å². The summed E-state index contributed by atoms with van der Waals surface area (Å²) >= 11 is 0. The Hall–Kier alpha value is -0.610. The first-order valence-corrected chi connectivity index (χ1v) is 8.21. The van der Waals surface area contributed by atoms with Crippen LogP contribution in [0.3, 0.4) is 0 Å². The highest BCUT2D eigenvalue weighted by molar-refractivity contribution is 5.86. The topological polar surface area (TPSA) is 58.4 Å². The van der Waals surface area contributed by atoms with Crippen LogP contribution in [0.15, 0.2) is 0 Å². The SMILES string of the molecule is CC1(C)CCN(CC(NC2CC2)(C(N)=O)C2CC2)CC1. The maximum absolute atomic E-state index is 12.2. The third kappa shape index (κ3) is 3.01. The van der Waals surface area contributed by atoms with Gasteiger partial charge in [0, 0.05) is 12.6 Å². The lowest BCUT2D eigenvalue weighted by Crippen LogP contribution is -2.64. The second-order valence-corrected chi connectivity index (χ2v) is 7.97. The van der Waals surface area contributed by atoms with Crippen molar-refractivity contribution in [2.75, 3.05) is 19.6 Å². The van der Waals surface area contributed by atoms with Gasteiger partial charge < -0.3 is 10.6 Å². The average molecular weight is 279 g/mol. The molecule has 2 saturated carbocycles. The molecule has 114 valence electrons. The van der Waals surface area contributed by atoms with Crippen LogP contribution in [0.4, 0.5) is 0 Å². The summed E-state index contributed by atoms with van der Waals surface area (Å²) in [6.45, 7) is 7.70. The van der Waals surface area contributed by atoms with Crippen LogP contribution < -0.4 is 11.1 Å². The van der Waals surface area contributed by atoms with Gasteiger partial charge in [-0.1, -0.05) is 13.8 Å². The fourth-order valence-corrected chi connectivity index (χ4v) is 3.48. The van der Waals surface area contributed by atoms with E-state index in [4.69, 9.17) is 5.73 Å². The van der Waals surface area contributed by atoms with Gasteiger partial charge in [-0.2, -0.15) is 0 Å². The molecule has 1 saturated heterocycles. The Morgan fingerprint density at radius 1 is 1.25 bits per heavy atom. The molecule has 2 aliphatic carbocycles. The van der Waals surface area contributed by atoms with E-state index >= 15 is 0 Å². The zero-order valence-corrected chi connectivity index (χ0v) is 13.0. The Morgan fingerprint density at radius 3 is 2.30 bits per heavy atom. The number of nitrogens with one attached hydrogen (secondary N) is 1. The Morgan fingerprint density at radius 2 is 1.85 bits per heavy atom. The molecule has 1 atom stereocenters. The smallest absolute Gasteiger partial charge is 0.239 e. The van der Waals surface area contributed by atoms with Crippen LogP contribution in [0.5, 0.6) is 0 Å². The van der Waals surface area contributed by atoms with Crippen LogP contribution in [0.25, 0.3) is 0 Å². The molecule has 3 N–H and O–H groups in total. The Bertz CT molecular complexity index is 377. The molecule has 20 heavy (non-hydrogen) atoms. The van der Waals surface area contributed by atoms with Crippen molar-refractivity contribution >= 4 is 5.91 Å². The van der Waals surface area contributed by atoms with Gasteiger partial charge in [0.05, 0.1) is 0 Å². The lowest BCUT2D eigenvalue weighted by molar-refractivity contribution is -0.126. The molecule has 0 spiro atoms. The number of nitrogens with zero attached hydrogens (tertiary/aromatic N) is 1. The molecule has 0 aromatic carbocycles. The molecule has 1 heterocycles. The summed E-state index contributed by atoms with van der Waals surface area (Å²) in [6.07, 6.45) is 7.15. The number of hydrogen-bond donors (Lipinski definition) is 2. The predicted molar refractivity (Wildman–Crippen MR) is 80.3 cm³/mol. The molecule has 0 aromatic rings. The first kappa shape index (κ1) is 14.3. The highest BCUT2D eigenvalue weighted by Gasteiger charge is 2.52. The second-order valence-electron chi connectivity index (χ2n) is 7.97. The second kappa shape index (κ2) is 4.99. The van der Waals surface area contributed by atoms with Crippen molar-refractivity contribution in [3.05, 3.63) is 0 Å². The monoisotopic (exact) mass is 279 g/mol. The van der Waals surface area contributed by atoms with Gasteiger partial charge in [0.25, 0.3) is 0 Å². The van der Waals surface area contributed by atoms with Crippen LogP contribution >= 0.6 is 0 Å². The third-order valence-electron chi connectivity index (χ3n) is 5.44. The first-order valence-electron chi connectivity index (χ1n) is 8.21. The lowest BCUT2D eigenvalue weighted by Gasteiger charge is -2.42. The van der Waals surface area contributed by atoms with Gasteiger partial charge in [-0.25, -0.2) is 0 Å². The average Bonchev–Trinajstić information content (AvgIpc) is 3.24. The van der Waals surface area contributed by atoms with Gasteiger partial charge in [0.2, 0.25) is 5.91 Å². The summed E-state index contributed by atoms with van der Waals surface area (Å²) in [4.78, 5) is 14.7. The van der Waals surface area contributed by atoms with Crippen molar-refractivity contribution in [1.29, 1.82) is 0 Å². The molecule has 1 aliphatic heterocycles. The Balaban J connectivity index is 1.68. The number of carbonyl (C=O) groups is 1. The number of amides is 1. The minimum Gasteiger partial charge on any atom is -0.368 e. The quantitative estimate of drug-likeness (QED) is 0.774. The van der Waals surface area contributed by atoms with Crippen LogP contribution in [0.2, 0.25) is 0 Å². The lowest BCUT2D eigenvalue weighted by atomic mass is 9.81. The first-order chi connectivity index (χ1) is 9.41. The van der Waals surface area contributed by atoms with Gasteiger partial charge >= 0.3 is 0 Å². The molecule has 4 nitrogen and oxygen atoms in total. The van der Waals surface area contributed by atoms with Crippen molar-refractivity contribution in [3.8, 4) is 0 Å². The van der Waals surface area contributed by atoms with E-state index in [2.05, 4.69) is 24.1 Å². The number of carbonyl (C=O) groups excluding carboxylic acids is 1. The van der Waals surface area contributed by atoms with Gasteiger partial charge in [0.15, 0.2) is 0 Å². The summed E-state index contributed by atoms with van der Waals surface area (Å²) in [7, 11) is 0. The standard InChI is InChI=1S/C16H29N3O/c1-15(2)7-9-19(10-8-15)11-16(14(17)20,12-3-4-12)18-13-5-6-13/h12-13,18H,3-11H2,1-2H3,(H2,17,20). The van der Waals surface area contributed by atoms with Crippen molar-refractivity contribution in [3.63, 3.8) is 0 Å². The highest BCUT2D eigenvalue weighted by atomic mass is 16.1. The Labute approximate surface area is 122 Å². The van der Waals surface area contributed by atoms with Crippen LogP contribution in [0.1, 0.15) is 52.4 Å². The van der Waals surface area contributed by atoms with Gasteiger partial charge in [-0.05, 0) is 62.9 Å². The molecule has 1 unspecified atom stereocenters. The fraction of sp³-hybridized carbons (Fsp3) is 0.938. The van der Waals surface area contributed by atoms with E-state index in [1.165, 1.54) is 25.7 Å². The summed E-state index contributed by atoms with van der Waals surface area (Å²) < 4.78 is 0. The molecule has 4 heteroatoms. The van der Waals surface area contributed by atoms with Gasteiger partial charge in [-0.3, -0.25) is 10.1 Å². The zero-order chi connectivity index (χ0) is 14.4. The van der Waals surface area contributed by atoms with Crippen molar-refractivity contribution in [2.24, 2.45) is 17.1 Å². The molecule has 0 aromatic heterocycles. The summed E-state index contributed by atoms with van der Waals surface area (Å²) in [5.41, 5.74) is 5.83. The normalized spacial score (nSPS) is 29.9. The zero-order valence-electron chi connectivity index (χ0n) is 13.0. The van der Waals surface area contributed by atoms with Crippen LogP contribution in [0, 0.1) is 11.3 Å². The number of likely N-dealkylation sites (tertiary alicyclic amines) is 1. The van der Waals surface area contributed by atoms with Gasteiger partial charge in [-0.15, -0.1) is 0 Å². The molecule has 3 aliphatic rings. The van der Waals surface area contributed by atoms with Gasteiger partial charge in [0.1, 0.15) is 5.54 Å². The van der Waals surface area contributed by atoms with E-state index in [9.17, 15) is 4.79 Å². The molecule has 0 bridgehead atoms. The molecular weight excluding hydrogens is 250 g/mol. The number of nitrogens with two attached hydrogens (primary N) is 1. The number of primary amides is 1. The summed E-state index contributed by atoms with van der Waals surface area (Å²) in [6, 6.07) is 0.532. The highest BCUT2D eigenvalue weighted by Crippen LogP contribution is 2.42. The summed E-state index contributed by atoms with van der Waals surface area (Å²) in [5.74, 6) is 0.340. The maximum atomic E-state index is 12.2. The molecule has 1 amide bonds. The minimum absolute atomic E-state index is 0.128. The minimum atomic E-state index is -0.456. The van der Waals surface area contributed by atoms with E-state index in [1.54, 1.807) is 0 Å². The molecular formula is C16H29N3O. The molecule has 3 rings (SSSR count). The van der Waals surface area contributed by atoms with Crippen molar-refractivity contribution in [1.82, 2.24) is 10.2 Å². The molecule has 0 radical (unpaired) electrons. The fourth-order valence-electron chi connectivity index (χ4n) is 3.48. The molecule has 3 fully saturated rings. The maximum Gasteiger partial charge on any atom is 0.239 e.